The Balaban J connectivity index is 1.78. The van der Waals surface area contributed by atoms with Crippen LogP contribution in [-0.4, -0.2) is 57.5 Å². The Morgan fingerprint density at radius 1 is 1.15 bits per heavy atom. The Morgan fingerprint density at radius 3 is 2.52 bits per heavy atom. The molecule has 8 nitrogen and oxygen atoms in total. The van der Waals surface area contributed by atoms with Gasteiger partial charge in [0.15, 0.2) is 21.2 Å². The van der Waals surface area contributed by atoms with E-state index < -0.39 is 51.1 Å². The van der Waals surface area contributed by atoms with Gasteiger partial charge in [0.2, 0.25) is 11.8 Å². The zero-order valence-electron chi connectivity index (χ0n) is 17.5. The van der Waals surface area contributed by atoms with Crippen LogP contribution in [0.3, 0.4) is 0 Å². The molecule has 1 aromatic rings. The fraction of sp³-hybridized carbons (Fsp3) is 0.455. The largest absolute Gasteiger partial charge is 0.504 e. The molecule has 3 fully saturated rings. The van der Waals surface area contributed by atoms with Crippen LogP contribution in [0.15, 0.2) is 23.8 Å². The highest BCUT2D eigenvalue weighted by Crippen LogP contribution is 2.65. The van der Waals surface area contributed by atoms with Gasteiger partial charge < -0.3 is 9.84 Å². The van der Waals surface area contributed by atoms with Gasteiger partial charge in [-0.25, -0.2) is 0 Å². The van der Waals surface area contributed by atoms with E-state index in [9.17, 15) is 24.3 Å². The van der Waals surface area contributed by atoms with Crippen LogP contribution in [0.2, 0.25) is 0 Å². The van der Waals surface area contributed by atoms with Gasteiger partial charge in [-0.15, -0.1) is 23.2 Å². The number of rotatable bonds is 2. The van der Waals surface area contributed by atoms with Gasteiger partial charge in [0, 0.05) is 13.0 Å². The molecule has 0 aromatic heterocycles. The number of benzene rings is 1. The van der Waals surface area contributed by atoms with Gasteiger partial charge in [0.05, 0.1) is 22.5 Å². The molecule has 2 aliphatic carbocycles. The van der Waals surface area contributed by atoms with Crippen molar-refractivity contribution in [2.45, 2.75) is 28.5 Å². The van der Waals surface area contributed by atoms with Crippen LogP contribution in [0.1, 0.15) is 24.3 Å². The molecule has 5 rings (SSSR count). The first-order valence-corrected chi connectivity index (χ1v) is 12.1. The number of carbonyl (C=O) groups excluding carboxylic acids is 4. The predicted molar refractivity (Wildman–Crippen MR) is 126 cm³/mol. The van der Waals surface area contributed by atoms with Crippen LogP contribution >= 0.6 is 45.8 Å². The lowest BCUT2D eigenvalue weighted by atomic mass is 9.56. The second kappa shape index (κ2) is 7.32. The van der Waals surface area contributed by atoms with Crippen molar-refractivity contribution in [3.05, 3.63) is 32.9 Å². The lowest BCUT2D eigenvalue weighted by molar-refractivity contribution is -0.138. The molecular formula is C22H19Cl2IN2O6. The molecule has 33 heavy (non-hydrogen) atoms. The van der Waals surface area contributed by atoms with Crippen LogP contribution in [0.4, 0.5) is 0 Å². The highest BCUT2D eigenvalue weighted by molar-refractivity contribution is 14.1. The van der Waals surface area contributed by atoms with Crippen molar-refractivity contribution in [2.24, 2.45) is 17.8 Å². The van der Waals surface area contributed by atoms with Gasteiger partial charge in [-0.1, -0.05) is 11.6 Å². The number of fused-ring (bicyclic) bond motifs is 4. The highest BCUT2D eigenvalue weighted by atomic mass is 127. The van der Waals surface area contributed by atoms with Gasteiger partial charge in [0.1, 0.15) is 0 Å². The number of likely N-dealkylation sites (tertiary alicyclic amines) is 1. The summed E-state index contributed by atoms with van der Waals surface area (Å²) in [5.74, 6) is -4.65. The SMILES string of the molecule is COc1cc(C2C3=CCC4C(=O)NC(=O)C4C3CC3(Cl)C(=O)N(C)C(=O)C23Cl)cc(I)c1O. The Morgan fingerprint density at radius 2 is 1.85 bits per heavy atom. The number of hydrogen-bond donors (Lipinski definition) is 2. The normalized spacial score (nSPS) is 37.4. The van der Waals surface area contributed by atoms with Gasteiger partial charge in [-0.3, -0.25) is 29.4 Å². The summed E-state index contributed by atoms with van der Waals surface area (Å²) in [6.45, 7) is 0. The number of nitrogens with one attached hydrogen (secondary N) is 1. The minimum Gasteiger partial charge on any atom is -0.504 e. The van der Waals surface area contributed by atoms with Gasteiger partial charge >= 0.3 is 0 Å². The van der Waals surface area contributed by atoms with E-state index >= 15 is 0 Å². The molecule has 0 spiro atoms. The van der Waals surface area contributed by atoms with Crippen molar-refractivity contribution in [2.75, 3.05) is 14.2 Å². The number of phenolic OH excluding ortho intramolecular Hbond substituents is 1. The maximum Gasteiger partial charge on any atom is 0.253 e. The first-order chi connectivity index (χ1) is 15.5. The summed E-state index contributed by atoms with van der Waals surface area (Å²) in [6, 6.07) is 3.23. The lowest BCUT2D eigenvalue weighted by Crippen LogP contribution is -2.60. The summed E-state index contributed by atoms with van der Waals surface area (Å²) in [5, 5.41) is 12.7. The quantitative estimate of drug-likeness (QED) is 0.232. The molecule has 2 N–H and O–H groups in total. The van der Waals surface area contributed by atoms with Crippen LogP contribution in [-0.2, 0) is 19.2 Å². The number of carbonyl (C=O) groups is 4. The number of methoxy groups -OCH3 is 1. The number of aromatic hydroxyl groups is 1. The number of halogens is 3. The Bertz CT molecular complexity index is 1190. The monoisotopic (exact) mass is 604 g/mol. The standard InChI is InChI=1S/C22H19Cl2IN2O6/c1-27-19(31)21(23)7-11-9(3-4-10-14(11)18(30)26-17(10)29)15(22(21,24)20(27)32)8-5-12(25)16(28)13(6-8)33-2/h3,5-6,10-11,14-15,28H,4,7H2,1-2H3,(H,26,29,30). The minimum atomic E-state index is -1.86. The van der Waals surface area contributed by atoms with E-state index in [2.05, 4.69) is 5.32 Å². The summed E-state index contributed by atoms with van der Waals surface area (Å²) in [4.78, 5) is 49.0. The first kappa shape index (κ1) is 22.9. The third-order valence-electron chi connectivity index (χ3n) is 7.46. The maximum atomic E-state index is 13.4. The Labute approximate surface area is 212 Å². The van der Waals surface area contributed by atoms with Crippen LogP contribution in [0.25, 0.3) is 0 Å². The summed E-state index contributed by atoms with van der Waals surface area (Å²) < 4.78 is 5.77. The third-order valence-corrected chi connectivity index (χ3v) is 9.70. The molecule has 6 atom stereocenters. The Hall–Kier alpha value is -1.85. The number of alkyl halides is 2. The van der Waals surface area contributed by atoms with E-state index in [-0.39, 0.29) is 23.8 Å². The zero-order valence-corrected chi connectivity index (χ0v) is 21.2. The fourth-order valence-electron chi connectivity index (χ4n) is 5.94. The van der Waals surface area contributed by atoms with Crippen LogP contribution in [0, 0.1) is 21.3 Å². The van der Waals surface area contributed by atoms with E-state index in [0.717, 1.165) is 4.90 Å². The lowest BCUT2D eigenvalue weighted by Gasteiger charge is -2.50. The van der Waals surface area contributed by atoms with Crippen molar-refractivity contribution in [3.8, 4) is 11.5 Å². The van der Waals surface area contributed by atoms with Crippen molar-refractivity contribution in [3.63, 3.8) is 0 Å². The molecular weight excluding hydrogens is 586 g/mol. The number of amides is 4. The summed E-state index contributed by atoms with van der Waals surface area (Å²) >= 11 is 16.0. The number of allylic oxidation sites excluding steroid dienone is 2. The van der Waals surface area contributed by atoms with Gasteiger partial charge in [0.25, 0.3) is 11.8 Å². The molecule has 2 aliphatic heterocycles. The van der Waals surface area contributed by atoms with Crippen LogP contribution < -0.4 is 10.1 Å². The van der Waals surface area contributed by atoms with Gasteiger partial charge in [-0.2, -0.15) is 0 Å². The molecule has 4 amide bonds. The van der Waals surface area contributed by atoms with Gasteiger partial charge in [-0.05, 0) is 59.0 Å². The Kier molecular flexibility index (Phi) is 5.09. The molecule has 1 aromatic carbocycles. The molecule has 2 heterocycles. The summed E-state index contributed by atoms with van der Waals surface area (Å²) in [6.07, 6.45) is 2.10. The summed E-state index contributed by atoms with van der Waals surface area (Å²) in [7, 11) is 2.74. The predicted octanol–water partition coefficient (Wildman–Crippen LogP) is 2.28. The van der Waals surface area contributed by atoms with E-state index in [0.29, 0.717) is 21.1 Å². The van der Waals surface area contributed by atoms with Crippen molar-refractivity contribution in [1.82, 2.24) is 10.2 Å². The second-order valence-corrected chi connectivity index (χ2v) is 11.3. The van der Waals surface area contributed by atoms with E-state index in [4.69, 9.17) is 27.9 Å². The molecule has 11 heteroatoms. The molecule has 174 valence electrons. The van der Waals surface area contributed by atoms with Crippen LogP contribution in [0.5, 0.6) is 11.5 Å². The number of imide groups is 2. The maximum absolute atomic E-state index is 13.4. The molecule has 0 bridgehead atoms. The second-order valence-electron chi connectivity index (χ2n) is 8.91. The molecule has 6 unspecified atom stereocenters. The topological polar surface area (TPSA) is 113 Å². The fourth-order valence-corrected chi connectivity index (χ4v) is 7.59. The van der Waals surface area contributed by atoms with E-state index in [1.807, 2.05) is 28.7 Å². The third kappa shape index (κ3) is 2.75. The molecule has 0 radical (unpaired) electrons. The smallest absolute Gasteiger partial charge is 0.253 e. The molecule has 1 saturated carbocycles. The molecule has 4 aliphatic rings. The van der Waals surface area contributed by atoms with Crippen molar-refractivity contribution < 1.29 is 29.0 Å². The number of nitrogens with zero attached hydrogens (tertiary/aromatic N) is 1. The first-order valence-electron chi connectivity index (χ1n) is 10.3. The van der Waals surface area contributed by atoms with E-state index in [1.54, 1.807) is 12.1 Å². The van der Waals surface area contributed by atoms with Crippen molar-refractivity contribution >= 4 is 69.4 Å². The van der Waals surface area contributed by atoms with Crippen molar-refractivity contribution in [1.29, 1.82) is 0 Å². The minimum absolute atomic E-state index is 0.0521. The number of hydrogen-bond acceptors (Lipinski definition) is 6. The average molecular weight is 605 g/mol. The number of ether oxygens (including phenoxy) is 1. The molecule has 2 saturated heterocycles. The zero-order chi connectivity index (χ0) is 24.0. The summed E-state index contributed by atoms with van der Waals surface area (Å²) in [5.41, 5.74) is 1.21. The number of phenols is 1. The average Bonchev–Trinajstić information content (AvgIpc) is 3.13. The highest BCUT2D eigenvalue weighted by Gasteiger charge is 2.75. The van der Waals surface area contributed by atoms with E-state index in [1.165, 1.54) is 14.2 Å².